The molecule has 1 aliphatic carbocycles. The third-order valence-electron chi connectivity index (χ3n) is 4.35. The maximum atomic E-state index is 11.9. The molecule has 0 saturated heterocycles. The molecule has 0 aliphatic heterocycles. The van der Waals surface area contributed by atoms with Gasteiger partial charge in [-0.1, -0.05) is 49.9 Å². The van der Waals surface area contributed by atoms with E-state index >= 15 is 0 Å². The number of aryl methyl sites for hydroxylation is 1. The summed E-state index contributed by atoms with van der Waals surface area (Å²) in [5.41, 5.74) is 2.30. The average molecular weight is 288 g/mol. The van der Waals surface area contributed by atoms with Crippen molar-refractivity contribution in [1.82, 2.24) is 10.6 Å². The Morgan fingerprint density at radius 1 is 1.10 bits per heavy atom. The molecule has 21 heavy (non-hydrogen) atoms. The standard InChI is InChI=1S/C18H28N2O/c1-15-8-6-7-9-16(15)14-18(21)20-13-12-19-17-10-4-2-3-5-11-17/h6-9,17,19H,2-5,10-14H2,1H3,(H,20,21). The largest absolute Gasteiger partial charge is 0.355 e. The summed E-state index contributed by atoms with van der Waals surface area (Å²) in [6, 6.07) is 8.73. The maximum Gasteiger partial charge on any atom is 0.224 e. The van der Waals surface area contributed by atoms with Gasteiger partial charge in [0.2, 0.25) is 5.91 Å². The fraction of sp³-hybridized carbons (Fsp3) is 0.611. The van der Waals surface area contributed by atoms with Gasteiger partial charge in [-0.2, -0.15) is 0 Å². The van der Waals surface area contributed by atoms with Crippen LogP contribution < -0.4 is 10.6 Å². The molecule has 3 heteroatoms. The molecule has 0 radical (unpaired) electrons. The van der Waals surface area contributed by atoms with Crippen LogP contribution in [0.4, 0.5) is 0 Å². The van der Waals surface area contributed by atoms with Crippen molar-refractivity contribution in [1.29, 1.82) is 0 Å². The molecule has 1 aromatic carbocycles. The maximum absolute atomic E-state index is 11.9. The molecule has 1 fully saturated rings. The summed E-state index contributed by atoms with van der Waals surface area (Å²) in [5, 5.41) is 6.59. The minimum absolute atomic E-state index is 0.118. The first-order valence-corrected chi connectivity index (χ1v) is 8.30. The normalized spacial score (nSPS) is 16.4. The van der Waals surface area contributed by atoms with Crippen molar-refractivity contribution in [3.8, 4) is 0 Å². The fourth-order valence-electron chi connectivity index (χ4n) is 3.01. The third kappa shape index (κ3) is 5.88. The molecule has 2 rings (SSSR count). The second kappa shape index (κ2) is 8.83. The number of rotatable bonds is 6. The summed E-state index contributed by atoms with van der Waals surface area (Å²) in [4.78, 5) is 11.9. The zero-order valence-corrected chi connectivity index (χ0v) is 13.2. The first-order chi connectivity index (χ1) is 10.3. The van der Waals surface area contributed by atoms with Gasteiger partial charge >= 0.3 is 0 Å². The van der Waals surface area contributed by atoms with Gasteiger partial charge in [-0.25, -0.2) is 0 Å². The van der Waals surface area contributed by atoms with Crippen molar-refractivity contribution in [2.45, 2.75) is 57.9 Å². The van der Waals surface area contributed by atoms with E-state index < -0.39 is 0 Å². The Labute approximate surface area is 128 Å². The molecule has 0 heterocycles. The number of carbonyl (C=O) groups is 1. The SMILES string of the molecule is Cc1ccccc1CC(=O)NCCNC1CCCCCC1. The van der Waals surface area contributed by atoms with Crippen LogP contribution in [0.2, 0.25) is 0 Å². The predicted octanol–water partition coefficient (Wildman–Crippen LogP) is 2.97. The number of carbonyl (C=O) groups excluding carboxylic acids is 1. The highest BCUT2D eigenvalue weighted by Crippen LogP contribution is 2.16. The first kappa shape index (κ1) is 16.0. The van der Waals surface area contributed by atoms with Gasteiger partial charge in [0.1, 0.15) is 0 Å². The molecular weight excluding hydrogens is 260 g/mol. The fourth-order valence-corrected chi connectivity index (χ4v) is 3.01. The monoisotopic (exact) mass is 288 g/mol. The second-order valence-electron chi connectivity index (χ2n) is 6.10. The van der Waals surface area contributed by atoms with Gasteiger partial charge in [0.25, 0.3) is 0 Å². The summed E-state index contributed by atoms with van der Waals surface area (Å²) in [6.07, 6.45) is 8.51. The topological polar surface area (TPSA) is 41.1 Å². The predicted molar refractivity (Wildman–Crippen MR) is 87.4 cm³/mol. The molecule has 1 saturated carbocycles. The van der Waals surface area contributed by atoms with E-state index in [1.165, 1.54) is 44.1 Å². The Kier molecular flexibility index (Phi) is 6.74. The molecule has 3 nitrogen and oxygen atoms in total. The Hall–Kier alpha value is -1.35. The van der Waals surface area contributed by atoms with Gasteiger partial charge in [-0.3, -0.25) is 4.79 Å². The first-order valence-electron chi connectivity index (χ1n) is 8.30. The lowest BCUT2D eigenvalue weighted by atomic mass is 10.1. The van der Waals surface area contributed by atoms with Crippen LogP contribution in [-0.2, 0) is 11.2 Å². The number of amides is 1. The summed E-state index contributed by atoms with van der Waals surface area (Å²) >= 11 is 0. The Bertz CT molecular complexity index is 437. The van der Waals surface area contributed by atoms with Crippen LogP contribution >= 0.6 is 0 Å². The van der Waals surface area contributed by atoms with Gasteiger partial charge in [-0.05, 0) is 30.9 Å². The van der Waals surface area contributed by atoms with Crippen LogP contribution in [0.25, 0.3) is 0 Å². The van der Waals surface area contributed by atoms with E-state index in [-0.39, 0.29) is 5.91 Å². The number of nitrogens with one attached hydrogen (secondary N) is 2. The molecule has 0 aromatic heterocycles. The molecule has 0 bridgehead atoms. The van der Waals surface area contributed by atoms with Gasteiger partial charge in [0, 0.05) is 19.1 Å². The Morgan fingerprint density at radius 2 is 1.81 bits per heavy atom. The van der Waals surface area contributed by atoms with Crippen molar-refractivity contribution in [3.63, 3.8) is 0 Å². The second-order valence-corrected chi connectivity index (χ2v) is 6.10. The van der Waals surface area contributed by atoms with E-state index in [0.29, 0.717) is 12.5 Å². The molecule has 0 spiro atoms. The lowest BCUT2D eigenvalue weighted by Gasteiger charge is -2.16. The van der Waals surface area contributed by atoms with E-state index in [0.717, 1.165) is 18.7 Å². The van der Waals surface area contributed by atoms with Crippen LogP contribution in [0.1, 0.15) is 49.7 Å². The highest BCUT2D eigenvalue weighted by atomic mass is 16.1. The van der Waals surface area contributed by atoms with E-state index in [1.54, 1.807) is 0 Å². The van der Waals surface area contributed by atoms with Crippen molar-refractivity contribution in [3.05, 3.63) is 35.4 Å². The van der Waals surface area contributed by atoms with Crippen LogP contribution in [0, 0.1) is 6.92 Å². The molecule has 0 atom stereocenters. The highest BCUT2D eigenvalue weighted by molar-refractivity contribution is 5.78. The van der Waals surface area contributed by atoms with Gasteiger partial charge in [-0.15, -0.1) is 0 Å². The van der Waals surface area contributed by atoms with Gasteiger partial charge < -0.3 is 10.6 Å². The summed E-state index contributed by atoms with van der Waals surface area (Å²) in [7, 11) is 0. The number of hydrogen-bond acceptors (Lipinski definition) is 2. The lowest BCUT2D eigenvalue weighted by Crippen LogP contribution is -2.37. The van der Waals surface area contributed by atoms with Gasteiger partial charge in [0.05, 0.1) is 6.42 Å². The number of benzene rings is 1. The zero-order valence-electron chi connectivity index (χ0n) is 13.2. The molecule has 1 aliphatic rings. The number of hydrogen-bond donors (Lipinski definition) is 2. The minimum atomic E-state index is 0.118. The average Bonchev–Trinajstić information content (AvgIpc) is 2.75. The molecule has 1 aromatic rings. The molecule has 2 N–H and O–H groups in total. The third-order valence-corrected chi connectivity index (χ3v) is 4.35. The Morgan fingerprint density at radius 3 is 2.52 bits per heavy atom. The van der Waals surface area contributed by atoms with Gasteiger partial charge in [0.15, 0.2) is 0 Å². The van der Waals surface area contributed by atoms with E-state index in [2.05, 4.69) is 23.6 Å². The molecule has 116 valence electrons. The summed E-state index contributed by atoms with van der Waals surface area (Å²) in [5.74, 6) is 0.118. The Balaban J connectivity index is 1.62. The van der Waals surface area contributed by atoms with E-state index in [4.69, 9.17) is 0 Å². The van der Waals surface area contributed by atoms with Crippen LogP contribution in [0.3, 0.4) is 0 Å². The van der Waals surface area contributed by atoms with Crippen molar-refractivity contribution >= 4 is 5.91 Å². The molecule has 0 unspecified atom stereocenters. The van der Waals surface area contributed by atoms with E-state index in [9.17, 15) is 4.79 Å². The van der Waals surface area contributed by atoms with Crippen LogP contribution in [-0.4, -0.2) is 25.0 Å². The van der Waals surface area contributed by atoms with E-state index in [1.807, 2.05) is 18.2 Å². The molecular formula is C18H28N2O. The lowest BCUT2D eigenvalue weighted by molar-refractivity contribution is -0.120. The van der Waals surface area contributed by atoms with Crippen LogP contribution in [0.15, 0.2) is 24.3 Å². The van der Waals surface area contributed by atoms with Crippen molar-refractivity contribution in [2.24, 2.45) is 0 Å². The smallest absolute Gasteiger partial charge is 0.224 e. The van der Waals surface area contributed by atoms with Crippen LogP contribution in [0.5, 0.6) is 0 Å². The zero-order chi connectivity index (χ0) is 14.9. The molecule has 1 amide bonds. The summed E-state index contributed by atoms with van der Waals surface area (Å²) in [6.45, 7) is 3.65. The van der Waals surface area contributed by atoms with Crippen molar-refractivity contribution in [2.75, 3.05) is 13.1 Å². The van der Waals surface area contributed by atoms with Crippen molar-refractivity contribution < 1.29 is 4.79 Å². The quantitative estimate of drug-likeness (QED) is 0.624. The summed E-state index contributed by atoms with van der Waals surface area (Å²) < 4.78 is 0. The minimum Gasteiger partial charge on any atom is -0.355 e. The highest BCUT2D eigenvalue weighted by Gasteiger charge is 2.11.